The van der Waals surface area contributed by atoms with Crippen molar-refractivity contribution in [2.75, 3.05) is 19.7 Å². The number of benzene rings is 1. The van der Waals surface area contributed by atoms with Gasteiger partial charge in [-0.3, -0.25) is 4.79 Å². The fourth-order valence-corrected chi connectivity index (χ4v) is 3.77. The van der Waals surface area contributed by atoms with E-state index in [1.54, 1.807) is 0 Å². The van der Waals surface area contributed by atoms with E-state index >= 15 is 0 Å². The third-order valence-electron chi connectivity index (χ3n) is 5.11. The Kier molecular flexibility index (Phi) is 3.49. The Morgan fingerprint density at radius 2 is 2.04 bits per heavy atom. The molecule has 1 saturated heterocycles. The number of rotatable bonds is 1. The molecule has 4 heteroatoms. The normalized spacial score (nSPS) is 20.7. The van der Waals surface area contributed by atoms with Crippen molar-refractivity contribution in [3.8, 4) is 0 Å². The molecule has 120 valence electrons. The number of hydrogen-bond acceptors (Lipinski definition) is 2. The lowest BCUT2D eigenvalue weighted by Gasteiger charge is -2.42. The highest BCUT2D eigenvalue weighted by Gasteiger charge is 2.37. The number of nitrogens with zero attached hydrogens (tertiary/aromatic N) is 1. The molecule has 23 heavy (non-hydrogen) atoms. The summed E-state index contributed by atoms with van der Waals surface area (Å²) in [5.74, 6) is 0.119. The number of H-pyrrole nitrogens is 1. The fourth-order valence-electron chi connectivity index (χ4n) is 3.77. The van der Waals surface area contributed by atoms with Crippen LogP contribution in [0.25, 0.3) is 10.9 Å². The minimum absolute atomic E-state index is 0.119. The van der Waals surface area contributed by atoms with Gasteiger partial charge in [0.15, 0.2) is 0 Å². The monoisotopic (exact) mass is 310 g/mol. The zero-order valence-electron chi connectivity index (χ0n) is 13.5. The SMILES string of the molecule is CC1=CC2(CCN(C(=O)c3c[nH]c4ccccc34)CC2)OCC1. The molecule has 1 fully saturated rings. The summed E-state index contributed by atoms with van der Waals surface area (Å²) >= 11 is 0. The standard InChI is InChI=1S/C19H22N2O2/c1-14-6-11-23-19(12-14)7-9-21(10-8-19)18(22)16-13-20-17-5-3-2-4-15(16)17/h2-5,12-13,20H,6-11H2,1H3. The van der Waals surface area contributed by atoms with Gasteiger partial charge < -0.3 is 14.6 Å². The molecular formula is C19H22N2O2. The molecule has 0 bridgehead atoms. The van der Waals surface area contributed by atoms with E-state index in [0.717, 1.165) is 55.4 Å². The number of ether oxygens (including phenoxy) is 1. The van der Waals surface area contributed by atoms with Crippen LogP contribution in [-0.2, 0) is 4.74 Å². The van der Waals surface area contributed by atoms with E-state index in [1.807, 2.05) is 35.4 Å². The average Bonchev–Trinajstić information content (AvgIpc) is 2.99. The number of para-hydroxylation sites is 1. The van der Waals surface area contributed by atoms with Gasteiger partial charge in [0, 0.05) is 30.2 Å². The van der Waals surface area contributed by atoms with Crippen molar-refractivity contribution in [2.24, 2.45) is 0 Å². The molecule has 1 amide bonds. The first kappa shape index (κ1) is 14.5. The summed E-state index contributed by atoms with van der Waals surface area (Å²) in [4.78, 5) is 18.0. The highest BCUT2D eigenvalue weighted by atomic mass is 16.5. The van der Waals surface area contributed by atoms with Crippen LogP contribution in [-0.4, -0.2) is 41.1 Å². The van der Waals surface area contributed by atoms with E-state index in [-0.39, 0.29) is 11.5 Å². The van der Waals surface area contributed by atoms with Gasteiger partial charge in [0.2, 0.25) is 0 Å². The molecule has 0 radical (unpaired) electrons. The second-order valence-electron chi connectivity index (χ2n) is 6.69. The predicted octanol–water partition coefficient (Wildman–Crippen LogP) is 3.51. The van der Waals surface area contributed by atoms with Gasteiger partial charge in [-0.1, -0.05) is 29.8 Å². The lowest BCUT2D eigenvalue weighted by molar-refractivity contribution is -0.0521. The Hall–Kier alpha value is -2.07. The molecule has 4 rings (SSSR count). The molecule has 0 unspecified atom stereocenters. The molecule has 2 aliphatic heterocycles. The molecule has 0 saturated carbocycles. The molecule has 3 heterocycles. The van der Waals surface area contributed by atoms with Crippen molar-refractivity contribution in [1.29, 1.82) is 0 Å². The van der Waals surface area contributed by atoms with Gasteiger partial charge in [0.1, 0.15) is 0 Å². The summed E-state index contributed by atoms with van der Waals surface area (Å²) in [7, 11) is 0. The van der Waals surface area contributed by atoms with Crippen LogP contribution >= 0.6 is 0 Å². The number of carbonyl (C=O) groups excluding carboxylic acids is 1. The summed E-state index contributed by atoms with van der Waals surface area (Å²) < 4.78 is 6.05. The third-order valence-corrected chi connectivity index (χ3v) is 5.11. The largest absolute Gasteiger partial charge is 0.370 e. The Balaban J connectivity index is 1.52. The summed E-state index contributed by atoms with van der Waals surface area (Å²) in [5, 5.41) is 1.00. The van der Waals surface area contributed by atoms with E-state index < -0.39 is 0 Å². The van der Waals surface area contributed by atoms with Gasteiger partial charge in [-0.15, -0.1) is 0 Å². The maximum Gasteiger partial charge on any atom is 0.256 e. The number of hydrogen-bond donors (Lipinski definition) is 1. The topological polar surface area (TPSA) is 45.3 Å². The van der Waals surface area contributed by atoms with Crippen LogP contribution in [0.5, 0.6) is 0 Å². The number of fused-ring (bicyclic) bond motifs is 1. The van der Waals surface area contributed by atoms with Gasteiger partial charge in [0.05, 0.1) is 17.8 Å². The highest BCUT2D eigenvalue weighted by molar-refractivity contribution is 6.06. The van der Waals surface area contributed by atoms with Crippen molar-refractivity contribution in [1.82, 2.24) is 9.88 Å². The first-order valence-electron chi connectivity index (χ1n) is 8.35. The Morgan fingerprint density at radius 3 is 2.83 bits per heavy atom. The van der Waals surface area contributed by atoms with Gasteiger partial charge in [0.25, 0.3) is 5.91 Å². The predicted molar refractivity (Wildman–Crippen MR) is 90.5 cm³/mol. The molecule has 4 nitrogen and oxygen atoms in total. The molecule has 1 aromatic carbocycles. The van der Waals surface area contributed by atoms with Gasteiger partial charge >= 0.3 is 0 Å². The molecule has 0 aliphatic carbocycles. The maximum absolute atomic E-state index is 12.9. The smallest absolute Gasteiger partial charge is 0.256 e. The summed E-state index contributed by atoms with van der Waals surface area (Å²) in [6, 6.07) is 7.95. The highest BCUT2D eigenvalue weighted by Crippen LogP contribution is 2.33. The summed E-state index contributed by atoms with van der Waals surface area (Å²) in [5.41, 5.74) is 3.05. The van der Waals surface area contributed by atoms with Crippen LogP contribution in [0.1, 0.15) is 36.5 Å². The molecule has 2 aromatic rings. The van der Waals surface area contributed by atoms with Crippen LogP contribution in [0.3, 0.4) is 0 Å². The van der Waals surface area contributed by atoms with Crippen LogP contribution in [0.2, 0.25) is 0 Å². The molecule has 1 spiro atoms. The second-order valence-corrected chi connectivity index (χ2v) is 6.69. The third kappa shape index (κ3) is 2.57. The lowest BCUT2D eigenvalue weighted by Crippen LogP contribution is -2.48. The summed E-state index contributed by atoms with van der Waals surface area (Å²) in [6.45, 7) is 4.48. The first-order chi connectivity index (χ1) is 11.2. The number of carbonyl (C=O) groups is 1. The van der Waals surface area contributed by atoms with Crippen molar-refractivity contribution >= 4 is 16.8 Å². The maximum atomic E-state index is 12.9. The van der Waals surface area contributed by atoms with Crippen molar-refractivity contribution in [3.05, 3.63) is 47.7 Å². The van der Waals surface area contributed by atoms with Gasteiger partial charge in [-0.25, -0.2) is 0 Å². The van der Waals surface area contributed by atoms with Gasteiger partial charge in [-0.05, 0) is 32.3 Å². The van der Waals surface area contributed by atoms with Gasteiger partial charge in [-0.2, -0.15) is 0 Å². The molecular weight excluding hydrogens is 288 g/mol. The van der Waals surface area contributed by atoms with Crippen molar-refractivity contribution in [2.45, 2.75) is 31.8 Å². The quantitative estimate of drug-likeness (QED) is 0.819. The van der Waals surface area contributed by atoms with Crippen LogP contribution in [0.4, 0.5) is 0 Å². The second kappa shape index (κ2) is 5.53. The Bertz CT molecular complexity index is 767. The molecule has 0 atom stereocenters. The number of aromatic amines is 1. The number of nitrogens with one attached hydrogen (secondary N) is 1. The number of amides is 1. The minimum atomic E-state index is -0.140. The van der Waals surface area contributed by atoms with Crippen LogP contribution < -0.4 is 0 Å². The number of likely N-dealkylation sites (tertiary alicyclic amines) is 1. The zero-order valence-corrected chi connectivity index (χ0v) is 13.5. The number of piperidine rings is 1. The first-order valence-corrected chi connectivity index (χ1v) is 8.35. The minimum Gasteiger partial charge on any atom is -0.370 e. The van der Waals surface area contributed by atoms with Crippen LogP contribution in [0, 0.1) is 0 Å². The zero-order chi connectivity index (χ0) is 15.9. The van der Waals surface area contributed by atoms with E-state index in [2.05, 4.69) is 18.0 Å². The molecule has 2 aliphatic rings. The Labute approximate surface area is 136 Å². The van der Waals surface area contributed by atoms with Crippen LogP contribution in [0.15, 0.2) is 42.1 Å². The van der Waals surface area contributed by atoms with Crippen molar-refractivity contribution in [3.63, 3.8) is 0 Å². The Morgan fingerprint density at radius 1 is 1.26 bits per heavy atom. The van der Waals surface area contributed by atoms with E-state index in [9.17, 15) is 4.79 Å². The van der Waals surface area contributed by atoms with Crippen molar-refractivity contribution < 1.29 is 9.53 Å². The van der Waals surface area contributed by atoms with E-state index in [1.165, 1.54) is 5.57 Å². The lowest BCUT2D eigenvalue weighted by atomic mass is 9.87. The average molecular weight is 310 g/mol. The number of aromatic nitrogens is 1. The van der Waals surface area contributed by atoms with E-state index in [4.69, 9.17) is 4.74 Å². The molecule has 1 N–H and O–H groups in total. The molecule has 1 aromatic heterocycles. The fraction of sp³-hybridized carbons (Fsp3) is 0.421. The van der Waals surface area contributed by atoms with E-state index in [0.29, 0.717) is 0 Å². The summed E-state index contributed by atoms with van der Waals surface area (Å²) in [6.07, 6.45) is 6.92.